The van der Waals surface area contributed by atoms with Crippen LogP contribution in [0.25, 0.3) is 0 Å². The number of likely N-dealkylation sites (tertiary alicyclic amines) is 1. The summed E-state index contributed by atoms with van der Waals surface area (Å²) in [5.74, 6) is 0.214. The third-order valence-corrected chi connectivity index (χ3v) is 3.30. The summed E-state index contributed by atoms with van der Waals surface area (Å²) in [6, 6.07) is 3.44. The minimum atomic E-state index is -1.02. The third kappa shape index (κ3) is 2.87. The van der Waals surface area contributed by atoms with E-state index in [1.54, 1.807) is 6.07 Å². The second-order valence-electron chi connectivity index (χ2n) is 4.71. The van der Waals surface area contributed by atoms with Gasteiger partial charge in [0.25, 0.3) is 0 Å². The maximum atomic E-state index is 10.7. The summed E-state index contributed by atoms with van der Waals surface area (Å²) >= 11 is 0. The molecule has 5 nitrogen and oxygen atoms in total. The normalized spacial score (nSPS) is 22.8. The molecule has 2 rings (SSSR count). The highest BCUT2D eigenvalue weighted by molar-refractivity contribution is 5.84. The van der Waals surface area contributed by atoms with Crippen LogP contribution in [0.3, 0.4) is 0 Å². The lowest BCUT2D eigenvalue weighted by Gasteiger charge is -2.16. The van der Waals surface area contributed by atoms with Crippen molar-refractivity contribution in [2.24, 2.45) is 11.7 Å². The molecule has 3 N–H and O–H groups in total. The molecule has 1 aliphatic rings. The molecular formula is C12H18N2O3. The van der Waals surface area contributed by atoms with Gasteiger partial charge in [-0.15, -0.1) is 0 Å². The molecule has 0 aromatic carbocycles. The molecule has 0 aliphatic carbocycles. The minimum absolute atomic E-state index is 0.00272. The fraction of sp³-hybridized carbons (Fsp3) is 0.583. The van der Waals surface area contributed by atoms with Gasteiger partial charge < -0.3 is 15.3 Å². The first kappa shape index (κ1) is 12.1. The molecule has 1 aromatic heterocycles. The molecule has 5 heteroatoms. The van der Waals surface area contributed by atoms with Gasteiger partial charge in [0.05, 0.1) is 6.54 Å². The fourth-order valence-corrected chi connectivity index (χ4v) is 2.23. The number of nitrogens with two attached hydrogens (primary N) is 1. The molecule has 2 atom stereocenters. The van der Waals surface area contributed by atoms with Gasteiger partial charge in [-0.05, 0) is 37.9 Å². The summed E-state index contributed by atoms with van der Waals surface area (Å²) in [7, 11) is 0. The summed E-state index contributed by atoms with van der Waals surface area (Å²) in [5.41, 5.74) is 5.87. The molecule has 0 saturated carbocycles. The van der Waals surface area contributed by atoms with Crippen LogP contribution in [0.2, 0.25) is 0 Å². The SMILES string of the molecule is CC(N)C1CCN(Cc2ccc(C(=O)O)o2)C1. The Morgan fingerprint density at radius 1 is 1.71 bits per heavy atom. The van der Waals surface area contributed by atoms with E-state index in [-0.39, 0.29) is 11.8 Å². The number of carbonyl (C=O) groups is 1. The Labute approximate surface area is 100 Å². The average Bonchev–Trinajstić information content (AvgIpc) is 2.87. The van der Waals surface area contributed by atoms with Crippen molar-refractivity contribution >= 4 is 5.97 Å². The van der Waals surface area contributed by atoms with E-state index in [2.05, 4.69) is 4.90 Å². The van der Waals surface area contributed by atoms with Crippen LogP contribution in [-0.4, -0.2) is 35.1 Å². The van der Waals surface area contributed by atoms with Gasteiger partial charge in [0.1, 0.15) is 5.76 Å². The number of hydrogen-bond acceptors (Lipinski definition) is 4. The lowest BCUT2D eigenvalue weighted by Crippen LogP contribution is -2.29. The molecule has 2 heterocycles. The van der Waals surface area contributed by atoms with Gasteiger partial charge >= 0.3 is 5.97 Å². The van der Waals surface area contributed by atoms with Gasteiger partial charge in [0.15, 0.2) is 0 Å². The smallest absolute Gasteiger partial charge is 0.371 e. The molecule has 0 amide bonds. The van der Waals surface area contributed by atoms with Crippen molar-refractivity contribution in [3.05, 3.63) is 23.7 Å². The van der Waals surface area contributed by atoms with Crippen molar-refractivity contribution in [2.75, 3.05) is 13.1 Å². The zero-order valence-corrected chi connectivity index (χ0v) is 9.93. The Kier molecular flexibility index (Phi) is 3.49. The van der Waals surface area contributed by atoms with Gasteiger partial charge in [-0.2, -0.15) is 0 Å². The molecule has 1 aromatic rings. The standard InChI is InChI=1S/C12H18N2O3/c1-8(13)9-4-5-14(6-9)7-10-2-3-11(17-10)12(15)16/h2-3,8-9H,4-7,13H2,1H3,(H,15,16). The van der Waals surface area contributed by atoms with Crippen molar-refractivity contribution in [3.8, 4) is 0 Å². The second-order valence-corrected chi connectivity index (χ2v) is 4.71. The second kappa shape index (κ2) is 4.89. The molecule has 17 heavy (non-hydrogen) atoms. The summed E-state index contributed by atoms with van der Waals surface area (Å²) < 4.78 is 5.23. The zero-order chi connectivity index (χ0) is 12.4. The first-order valence-corrected chi connectivity index (χ1v) is 5.86. The predicted molar refractivity (Wildman–Crippen MR) is 62.7 cm³/mol. The highest BCUT2D eigenvalue weighted by atomic mass is 16.4. The Balaban J connectivity index is 1.91. The van der Waals surface area contributed by atoms with Gasteiger partial charge in [0, 0.05) is 12.6 Å². The molecule has 1 fully saturated rings. The van der Waals surface area contributed by atoms with Crippen molar-refractivity contribution < 1.29 is 14.3 Å². The maximum Gasteiger partial charge on any atom is 0.371 e. The summed E-state index contributed by atoms with van der Waals surface area (Å²) in [6.45, 7) is 4.65. The van der Waals surface area contributed by atoms with Crippen molar-refractivity contribution in [3.63, 3.8) is 0 Å². The first-order valence-electron chi connectivity index (χ1n) is 5.86. The summed E-state index contributed by atoms with van der Waals surface area (Å²) in [4.78, 5) is 12.9. The van der Waals surface area contributed by atoms with E-state index in [4.69, 9.17) is 15.3 Å². The number of carboxylic acid groups (broad SMARTS) is 1. The lowest BCUT2D eigenvalue weighted by atomic mass is 10.0. The van der Waals surface area contributed by atoms with Crippen LogP contribution in [0.4, 0.5) is 0 Å². The van der Waals surface area contributed by atoms with Crippen LogP contribution in [0.1, 0.15) is 29.7 Å². The lowest BCUT2D eigenvalue weighted by molar-refractivity contribution is 0.0658. The van der Waals surface area contributed by atoms with E-state index in [1.165, 1.54) is 6.07 Å². The topological polar surface area (TPSA) is 79.7 Å². The Hall–Kier alpha value is -1.33. The van der Waals surface area contributed by atoms with E-state index in [0.717, 1.165) is 19.5 Å². The van der Waals surface area contributed by atoms with Crippen molar-refractivity contribution in [2.45, 2.75) is 25.9 Å². The molecule has 0 spiro atoms. The number of carboxylic acids is 1. The Bertz CT molecular complexity index is 400. The van der Waals surface area contributed by atoms with Crippen LogP contribution in [0.15, 0.2) is 16.5 Å². The number of rotatable bonds is 4. The van der Waals surface area contributed by atoms with Gasteiger partial charge in [0.2, 0.25) is 5.76 Å². The van der Waals surface area contributed by atoms with E-state index in [0.29, 0.717) is 18.2 Å². The average molecular weight is 238 g/mol. The van der Waals surface area contributed by atoms with Crippen LogP contribution in [0, 0.1) is 5.92 Å². The number of nitrogens with zero attached hydrogens (tertiary/aromatic N) is 1. The van der Waals surface area contributed by atoms with Crippen LogP contribution < -0.4 is 5.73 Å². The van der Waals surface area contributed by atoms with Crippen LogP contribution in [-0.2, 0) is 6.54 Å². The third-order valence-electron chi connectivity index (χ3n) is 3.30. The fourth-order valence-electron chi connectivity index (χ4n) is 2.23. The molecular weight excluding hydrogens is 220 g/mol. The van der Waals surface area contributed by atoms with Crippen molar-refractivity contribution in [1.29, 1.82) is 0 Å². The van der Waals surface area contributed by atoms with E-state index in [9.17, 15) is 4.79 Å². The van der Waals surface area contributed by atoms with Gasteiger partial charge in [-0.25, -0.2) is 4.79 Å². The number of hydrogen-bond donors (Lipinski definition) is 2. The van der Waals surface area contributed by atoms with Gasteiger partial charge in [-0.3, -0.25) is 4.90 Å². The Morgan fingerprint density at radius 3 is 3.00 bits per heavy atom. The van der Waals surface area contributed by atoms with Crippen LogP contribution in [0.5, 0.6) is 0 Å². The zero-order valence-electron chi connectivity index (χ0n) is 9.93. The van der Waals surface area contributed by atoms with Gasteiger partial charge in [-0.1, -0.05) is 0 Å². The van der Waals surface area contributed by atoms with E-state index >= 15 is 0 Å². The minimum Gasteiger partial charge on any atom is -0.475 e. The molecule has 0 bridgehead atoms. The number of aromatic carboxylic acids is 1. The quantitative estimate of drug-likeness (QED) is 0.822. The first-order chi connectivity index (χ1) is 8.06. The molecule has 1 saturated heterocycles. The molecule has 0 radical (unpaired) electrons. The largest absolute Gasteiger partial charge is 0.475 e. The predicted octanol–water partition coefficient (Wildman–Crippen LogP) is 1.15. The number of furan rings is 1. The highest BCUT2D eigenvalue weighted by Crippen LogP contribution is 2.21. The molecule has 2 unspecified atom stereocenters. The van der Waals surface area contributed by atoms with Crippen molar-refractivity contribution in [1.82, 2.24) is 4.90 Å². The monoisotopic (exact) mass is 238 g/mol. The van der Waals surface area contributed by atoms with E-state index < -0.39 is 5.97 Å². The molecule has 94 valence electrons. The molecule has 1 aliphatic heterocycles. The highest BCUT2D eigenvalue weighted by Gasteiger charge is 2.25. The maximum absolute atomic E-state index is 10.7. The summed E-state index contributed by atoms with van der Waals surface area (Å²) in [5, 5.41) is 8.75. The summed E-state index contributed by atoms with van der Waals surface area (Å²) in [6.07, 6.45) is 1.10. The van der Waals surface area contributed by atoms with E-state index in [1.807, 2.05) is 6.92 Å². The Morgan fingerprint density at radius 2 is 2.47 bits per heavy atom. The van der Waals surface area contributed by atoms with Crippen LogP contribution >= 0.6 is 0 Å².